The van der Waals surface area contributed by atoms with Crippen LogP contribution in [0.15, 0.2) is 0 Å². The van der Waals surface area contributed by atoms with Gasteiger partial charge in [-0.15, -0.1) is 0 Å². The SMILES string of the molecule is CC(=O)NCCNC(=O)N1CCC(CCC(=O)O)C1. The third-order valence-corrected chi connectivity index (χ3v) is 3.11. The molecular weight excluding hydrogens is 250 g/mol. The largest absolute Gasteiger partial charge is 0.481 e. The Labute approximate surface area is 112 Å². The quantitative estimate of drug-likeness (QED) is 0.593. The fourth-order valence-corrected chi connectivity index (χ4v) is 2.10. The van der Waals surface area contributed by atoms with E-state index in [4.69, 9.17) is 5.11 Å². The second kappa shape index (κ2) is 7.60. The molecule has 0 aromatic rings. The predicted octanol–water partition coefficient (Wildman–Crippen LogP) is 0.0188. The van der Waals surface area contributed by atoms with E-state index in [1.54, 1.807) is 4.90 Å². The molecule has 1 unspecified atom stereocenters. The van der Waals surface area contributed by atoms with Gasteiger partial charge in [0, 0.05) is 39.5 Å². The zero-order chi connectivity index (χ0) is 14.3. The number of urea groups is 1. The van der Waals surface area contributed by atoms with Gasteiger partial charge in [0.25, 0.3) is 0 Å². The van der Waals surface area contributed by atoms with Crippen LogP contribution < -0.4 is 10.6 Å². The molecule has 0 bridgehead atoms. The summed E-state index contributed by atoms with van der Waals surface area (Å²) in [5.74, 6) is -0.639. The Bertz CT molecular complexity index is 346. The van der Waals surface area contributed by atoms with Gasteiger partial charge < -0.3 is 20.6 Å². The summed E-state index contributed by atoms with van der Waals surface area (Å²) in [5, 5.41) is 13.9. The first-order chi connectivity index (χ1) is 8.99. The van der Waals surface area contributed by atoms with E-state index in [1.807, 2.05) is 0 Å². The van der Waals surface area contributed by atoms with Crippen molar-refractivity contribution in [2.75, 3.05) is 26.2 Å². The molecule has 1 fully saturated rings. The molecule has 3 amide bonds. The van der Waals surface area contributed by atoms with E-state index in [2.05, 4.69) is 10.6 Å². The van der Waals surface area contributed by atoms with Gasteiger partial charge in [-0.1, -0.05) is 0 Å². The van der Waals surface area contributed by atoms with E-state index in [1.165, 1.54) is 6.92 Å². The number of nitrogens with zero attached hydrogens (tertiary/aromatic N) is 1. The maximum atomic E-state index is 11.8. The number of carboxylic acids is 1. The highest BCUT2D eigenvalue weighted by molar-refractivity contribution is 5.75. The minimum absolute atomic E-state index is 0.121. The van der Waals surface area contributed by atoms with Gasteiger partial charge in [0.2, 0.25) is 5.91 Å². The van der Waals surface area contributed by atoms with Crippen LogP contribution in [-0.2, 0) is 9.59 Å². The lowest BCUT2D eigenvalue weighted by molar-refractivity contribution is -0.137. The number of carbonyl (C=O) groups is 3. The van der Waals surface area contributed by atoms with Crippen molar-refractivity contribution in [2.45, 2.75) is 26.2 Å². The van der Waals surface area contributed by atoms with E-state index in [0.717, 1.165) is 6.42 Å². The van der Waals surface area contributed by atoms with Gasteiger partial charge in [-0.25, -0.2) is 4.79 Å². The van der Waals surface area contributed by atoms with Crippen molar-refractivity contribution in [3.8, 4) is 0 Å². The number of carboxylic acid groups (broad SMARTS) is 1. The number of hydrogen-bond acceptors (Lipinski definition) is 3. The number of nitrogens with one attached hydrogen (secondary N) is 2. The van der Waals surface area contributed by atoms with Crippen LogP contribution in [0.3, 0.4) is 0 Å². The third kappa shape index (κ3) is 6.08. The zero-order valence-corrected chi connectivity index (χ0v) is 11.1. The molecule has 19 heavy (non-hydrogen) atoms. The molecule has 0 aromatic heterocycles. The zero-order valence-electron chi connectivity index (χ0n) is 11.1. The number of carbonyl (C=O) groups excluding carboxylic acids is 2. The van der Waals surface area contributed by atoms with Crippen molar-refractivity contribution in [1.82, 2.24) is 15.5 Å². The molecule has 0 saturated carbocycles. The molecule has 1 aliphatic heterocycles. The molecule has 1 rings (SSSR count). The van der Waals surface area contributed by atoms with Crippen molar-refractivity contribution in [2.24, 2.45) is 5.92 Å². The summed E-state index contributed by atoms with van der Waals surface area (Å²) in [6.45, 7) is 3.51. The van der Waals surface area contributed by atoms with Crippen LogP contribution in [0.2, 0.25) is 0 Å². The maximum Gasteiger partial charge on any atom is 0.317 e. The fourth-order valence-electron chi connectivity index (χ4n) is 2.10. The number of hydrogen-bond donors (Lipinski definition) is 3. The van der Waals surface area contributed by atoms with Gasteiger partial charge in [-0.05, 0) is 18.8 Å². The molecule has 1 saturated heterocycles. The average Bonchev–Trinajstić information content (AvgIpc) is 2.80. The van der Waals surface area contributed by atoms with Gasteiger partial charge in [-0.3, -0.25) is 9.59 Å². The standard InChI is InChI=1S/C12H21N3O4/c1-9(16)13-5-6-14-12(19)15-7-4-10(8-15)2-3-11(17)18/h10H,2-8H2,1H3,(H,13,16)(H,14,19)(H,17,18). The van der Waals surface area contributed by atoms with E-state index < -0.39 is 5.97 Å². The number of likely N-dealkylation sites (tertiary alicyclic amines) is 1. The topological polar surface area (TPSA) is 98.7 Å². The van der Waals surface area contributed by atoms with Gasteiger partial charge >= 0.3 is 12.0 Å². The molecule has 0 radical (unpaired) electrons. The van der Waals surface area contributed by atoms with Crippen LogP contribution in [0.4, 0.5) is 4.79 Å². The Morgan fingerprint density at radius 1 is 1.26 bits per heavy atom. The lowest BCUT2D eigenvalue weighted by Gasteiger charge is -2.17. The Morgan fingerprint density at radius 3 is 2.58 bits per heavy atom. The first-order valence-electron chi connectivity index (χ1n) is 6.48. The lowest BCUT2D eigenvalue weighted by Crippen LogP contribution is -2.41. The highest BCUT2D eigenvalue weighted by Gasteiger charge is 2.26. The Kier molecular flexibility index (Phi) is 6.11. The Hall–Kier alpha value is -1.79. The van der Waals surface area contributed by atoms with Crippen molar-refractivity contribution < 1.29 is 19.5 Å². The second-order valence-corrected chi connectivity index (χ2v) is 4.75. The van der Waals surface area contributed by atoms with E-state index in [9.17, 15) is 14.4 Å². The highest BCUT2D eigenvalue weighted by Crippen LogP contribution is 2.20. The summed E-state index contributed by atoms with van der Waals surface area (Å²) in [4.78, 5) is 34.6. The van der Waals surface area contributed by atoms with Gasteiger partial charge in [0.15, 0.2) is 0 Å². The summed E-state index contributed by atoms with van der Waals surface area (Å²) < 4.78 is 0. The Morgan fingerprint density at radius 2 is 1.95 bits per heavy atom. The average molecular weight is 271 g/mol. The number of rotatable bonds is 6. The van der Waals surface area contributed by atoms with Gasteiger partial charge in [-0.2, -0.15) is 0 Å². The van der Waals surface area contributed by atoms with Crippen molar-refractivity contribution >= 4 is 17.9 Å². The first-order valence-corrected chi connectivity index (χ1v) is 6.48. The van der Waals surface area contributed by atoms with Gasteiger partial charge in [0.1, 0.15) is 0 Å². The molecule has 7 heteroatoms. The monoisotopic (exact) mass is 271 g/mol. The molecular formula is C12H21N3O4. The van der Waals surface area contributed by atoms with Crippen molar-refractivity contribution in [3.05, 3.63) is 0 Å². The van der Waals surface area contributed by atoms with Crippen molar-refractivity contribution in [3.63, 3.8) is 0 Å². The predicted molar refractivity (Wildman–Crippen MR) is 68.6 cm³/mol. The van der Waals surface area contributed by atoms with Gasteiger partial charge in [0.05, 0.1) is 0 Å². The van der Waals surface area contributed by atoms with Crippen LogP contribution in [0.1, 0.15) is 26.2 Å². The summed E-state index contributed by atoms with van der Waals surface area (Å²) >= 11 is 0. The van der Waals surface area contributed by atoms with Crippen molar-refractivity contribution in [1.29, 1.82) is 0 Å². The lowest BCUT2D eigenvalue weighted by atomic mass is 10.0. The smallest absolute Gasteiger partial charge is 0.317 e. The minimum atomic E-state index is -0.793. The van der Waals surface area contributed by atoms with Crippen LogP contribution in [-0.4, -0.2) is 54.1 Å². The minimum Gasteiger partial charge on any atom is -0.481 e. The van der Waals surface area contributed by atoms with Crippen LogP contribution in [0.5, 0.6) is 0 Å². The maximum absolute atomic E-state index is 11.8. The molecule has 1 atom stereocenters. The normalized spacial score (nSPS) is 18.2. The fraction of sp³-hybridized carbons (Fsp3) is 0.750. The summed E-state index contributed by atoms with van der Waals surface area (Å²) in [6.07, 6.45) is 1.63. The molecule has 7 nitrogen and oxygen atoms in total. The molecule has 0 aromatic carbocycles. The van der Waals surface area contributed by atoms with Crippen LogP contribution >= 0.6 is 0 Å². The second-order valence-electron chi connectivity index (χ2n) is 4.75. The molecule has 1 heterocycles. The van der Waals surface area contributed by atoms with E-state index >= 15 is 0 Å². The summed E-state index contributed by atoms with van der Waals surface area (Å²) in [7, 11) is 0. The molecule has 0 spiro atoms. The summed E-state index contributed by atoms with van der Waals surface area (Å²) in [5.41, 5.74) is 0. The number of aliphatic carboxylic acids is 1. The van der Waals surface area contributed by atoms with E-state index in [0.29, 0.717) is 32.6 Å². The number of amides is 3. The van der Waals surface area contributed by atoms with Crippen LogP contribution in [0, 0.1) is 5.92 Å². The first kappa shape index (κ1) is 15.3. The summed E-state index contributed by atoms with van der Waals surface area (Å²) in [6, 6.07) is -0.150. The molecule has 108 valence electrons. The van der Waals surface area contributed by atoms with Crippen LogP contribution in [0.25, 0.3) is 0 Å². The highest BCUT2D eigenvalue weighted by atomic mass is 16.4. The molecule has 1 aliphatic rings. The van der Waals surface area contributed by atoms with E-state index in [-0.39, 0.29) is 24.3 Å². The molecule has 3 N–H and O–H groups in total. The third-order valence-electron chi connectivity index (χ3n) is 3.11. The Balaban J connectivity index is 2.17. The molecule has 0 aliphatic carbocycles.